The van der Waals surface area contributed by atoms with Crippen molar-refractivity contribution in [2.45, 2.75) is 18.1 Å². The molecule has 0 N–H and O–H groups in total. The summed E-state index contributed by atoms with van der Waals surface area (Å²) in [7, 11) is -0.158. The van der Waals surface area contributed by atoms with E-state index in [9.17, 15) is 4.79 Å². The van der Waals surface area contributed by atoms with Gasteiger partial charge in [-0.1, -0.05) is 18.5 Å². The highest BCUT2D eigenvalue weighted by molar-refractivity contribution is 8.15. The van der Waals surface area contributed by atoms with E-state index in [1.54, 1.807) is 11.3 Å². The summed E-state index contributed by atoms with van der Waals surface area (Å²) in [6.45, 7) is 7.48. The molecule has 0 aliphatic carbocycles. The van der Waals surface area contributed by atoms with Crippen molar-refractivity contribution in [2.24, 2.45) is 4.99 Å². The smallest absolute Gasteiger partial charge is 0.267 e. The first-order chi connectivity index (χ1) is 7.49. The molecular formula is C12H15NOS2. The molecule has 0 bridgehead atoms. The Kier molecular flexibility index (Phi) is 4.38. The predicted octanol–water partition coefficient (Wildman–Crippen LogP) is 3.45. The van der Waals surface area contributed by atoms with E-state index in [1.165, 1.54) is 12.3 Å². The summed E-state index contributed by atoms with van der Waals surface area (Å²) in [5.41, 5.74) is 1.75. The SMILES string of the molecule is C=CC=NC(=O)c1c(S(=C)C)sc(C)c1C. The van der Waals surface area contributed by atoms with Gasteiger partial charge in [-0.05, 0) is 25.7 Å². The van der Waals surface area contributed by atoms with Gasteiger partial charge in [0, 0.05) is 11.1 Å². The first kappa shape index (κ1) is 13.1. The molecule has 1 aromatic rings. The number of allylic oxidation sites excluding steroid dienone is 1. The number of rotatable bonds is 3. The second-order valence-corrected chi connectivity index (χ2v) is 6.57. The molecule has 4 heteroatoms. The number of hydrogen-bond donors (Lipinski definition) is 0. The zero-order chi connectivity index (χ0) is 12.3. The molecule has 1 aromatic heterocycles. The Bertz CT molecular complexity index is 483. The van der Waals surface area contributed by atoms with Crippen LogP contribution in [0.4, 0.5) is 0 Å². The third kappa shape index (κ3) is 2.57. The van der Waals surface area contributed by atoms with Gasteiger partial charge in [0.2, 0.25) is 0 Å². The topological polar surface area (TPSA) is 29.4 Å². The number of amides is 1. The highest BCUT2D eigenvalue weighted by Crippen LogP contribution is 2.37. The van der Waals surface area contributed by atoms with Crippen LogP contribution in [0.2, 0.25) is 0 Å². The molecule has 1 unspecified atom stereocenters. The number of hydrogen-bond acceptors (Lipinski definition) is 2. The second-order valence-electron chi connectivity index (χ2n) is 3.40. The van der Waals surface area contributed by atoms with Crippen molar-refractivity contribution in [3.8, 4) is 0 Å². The highest BCUT2D eigenvalue weighted by Gasteiger charge is 2.18. The summed E-state index contributed by atoms with van der Waals surface area (Å²) in [6, 6.07) is 0. The van der Waals surface area contributed by atoms with Gasteiger partial charge < -0.3 is 0 Å². The molecule has 0 aliphatic rings. The standard InChI is InChI=1S/C12H15NOS2/c1-6-7-13-11(14)10-8(2)9(3)15-12(10)16(4)5/h6-7H,1,4H2,2-3,5H3. The fourth-order valence-electron chi connectivity index (χ4n) is 1.27. The lowest BCUT2D eigenvalue weighted by molar-refractivity contribution is 0.100. The maximum atomic E-state index is 11.9. The van der Waals surface area contributed by atoms with Crippen molar-refractivity contribution >= 4 is 39.8 Å². The zero-order valence-corrected chi connectivity index (χ0v) is 11.4. The fourth-order valence-corrected chi connectivity index (χ4v) is 3.68. The van der Waals surface area contributed by atoms with Crippen LogP contribution in [0.5, 0.6) is 0 Å². The number of nitrogens with zero attached hydrogens (tertiary/aromatic N) is 1. The summed E-state index contributed by atoms with van der Waals surface area (Å²) in [5, 5.41) is 0. The minimum Gasteiger partial charge on any atom is -0.267 e. The van der Waals surface area contributed by atoms with Crippen LogP contribution >= 0.6 is 21.8 Å². The van der Waals surface area contributed by atoms with Gasteiger partial charge in [0.1, 0.15) is 0 Å². The van der Waals surface area contributed by atoms with Crippen LogP contribution in [0.1, 0.15) is 20.8 Å². The number of carbonyl (C=O) groups is 1. The summed E-state index contributed by atoms with van der Waals surface area (Å²) in [5.74, 6) is 3.81. The fraction of sp³-hybridized carbons (Fsp3) is 0.250. The van der Waals surface area contributed by atoms with Crippen molar-refractivity contribution in [2.75, 3.05) is 6.26 Å². The van der Waals surface area contributed by atoms with E-state index >= 15 is 0 Å². The molecule has 1 rings (SSSR count). The zero-order valence-electron chi connectivity index (χ0n) is 9.74. The summed E-state index contributed by atoms with van der Waals surface area (Å²) >= 11 is 1.64. The van der Waals surface area contributed by atoms with E-state index in [1.807, 2.05) is 20.1 Å². The molecule has 0 aromatic carbocycles. The number of aliphatic imine (C=N–C) groups is 1. The van der Waals surface area contributed by atoms with Crippen LogP contribution in [0, 0.1) is 13.8 Å². The predicted molar refractivity (Wildman–Crippen MR) is 75.7 cm³/mol. The van der Waals surface area contributed by atoms with Crippen molar-refractivity contribution < 1.29 is 4.79 Å². The Labute approximate surface area is 103 Å². The Balaban J connectivity index is 3.30. The third-order valence-electron chi connectivity index (χ3n) is 2.18. The van der Waals surface area contributed by atoms with E-state index in [0.29, 0.717) is 0 Å². The third-order valence-corrected chi connectivity index (χ3v) is 5.12. The second kappa shape index (κ2) is 5.37. The van der Waals surface area contributed by atoms with E-state index in [0.717, 1.165) is 20.2 Å². The van der Waals surface area contributed by atoms with Gasteiger partial charge in [-0.25, -0.2) is 4.99 Å². The minimum atomic E-state index is -0.195. The monoisotopic (exact) mass is 253 g/mol. The van der Waals surface area contributed by atoms with Crippen molar-refractivity contribution in [3.05, 3.63) is 28.7 Å². The van der Waals surface area contributed by atoms with Crippen LogP contribution < -0.4 is 0 Å². The van der Waals surface area contributed by atoms with Gasteiger partial charge in [0.05, 0.1) is 9.77 Å². The molecule has 16 heavy (non-hydrogen) atoms. The molecule has 0 saturated carbocycles. The lowest BCUT2D eigenvalue weighted by atomic mass is 10.2. The van der Waals surface area contributed by atoms with Crippen molar-refractivity contribution in [1.29, 1.82) is 0 Å². The Morgan fingerprint density at radius 2 is 2.12 bits per heavy atom. The summed E-state index contributed by atoms with van der Waals surface area (Å²) in [4.78, 5) is 16.9. The van der Waals surface area contributed by atoms with Crippen LogP contribution in [-0.4, -0.2) is 24.2 Å². The van der Waals surface area contributed by atoms with Crippen molar-refractivity contribution in [1.82, 2.24) is 0 Å². The Morgan fingerprint density at radius 3 is 2.62 bits per heavy atom. The molecule has 0 aliphatic heterocycles. The normalized spacial score (nSPS) is 12.9. The number of aryl methyl sites for hydroxylation is 1. The maximum Gasteiger partial charge on any atom is 0.279 e. The lowest BCUT2D eigenvalue weighted by Crippen LogP contribution is -1.97. The van der Waals surface area contributed by atoms with Gasteiger partial charge in [0.15, 0.2) is 0 Å². The van der Waals surface area contributed by atoms with Gasteiger partial charge in [0.25, 0.3) is 5.91 Å². The Hall–Kier alpha value is -1.00. The molecule has 0 radical (unpaired) electrons. The van der Waals surface area contributed by atoms with E-state index in [2.05, 4.69) is 17.4 Å². The van der Waals surface area contributed by atoms with Gasteiger partial charge in [-0.2, -0.15) is 10.5 Å². The molecule has 1 atom stereocenters. The molecule has 86 valence electrons. The lowest BCUT2D eigenvalue weighted by Gasteiger charge is -2.00. The molecule has 1 amide bonds. The number of thiophene rings is 1. The van der Waals surface area contributed by atoms with Gasteiger partial charge in [-0.3, -0.25) is 4.79 Å². The highest BCUT2D eigenvalue weighted by atomic mass is 32.2. The minimum absolute atomic E-state index is 0.158. The maximum absolute atomic E-state index is 11.9. The molecule has 0 saturated heterocycles. The average molecular weight is 253 g/mol. The number of carbonyl (C=O) groups excluding carboxylic acids is 1. The Morgan fingerprint density at radius 1 is 1.50 bits per heavy atom. The van der Waals surface area contributed by atoms with Gasteiger partial charge >= 0.3 is 0 Å². The molecule has 0 spiro atoms. The molecule has 1 heterocycles. The molecular weight excluding hydrogens is 238 g/mol. The summed E-state index contributed by atoms with van der Waals surface area (Å²) in [6.07, 6.45) is 4.94. The van der Waals surface area contributed by atoms with Crippen molar-refractivity contribution in [3.63, 3.8) is 0 Å². The first-order valence-corrected chi connectivity index (χ1v) is 7.36. The van der Waals surface area contributed by atoms with E-state index in [-0.39, 0.29) is 16.4 Å². The van der Waals surface area contributed by atoms with Crippen LogP contribution in [0.25, 0.3) is 0 Å². The van der Waals surface area contributed by atoms with Gasteiger partial charge in [-0.15, -0.1) is 11.3 Å². The van der Waals surface area contributed by atoms with E-state index in [4.69, 9.17) is 0 Å². The molecule has 0 fully saturated rings. The van der Waals surface area contributed by atoms with Crippen LogP contribution in [-0.2, 0) is 0 Å². The quantitative estimate of drug-likeness (QED) is 0.599. The largest absolute Gasteiger partial charge is 0.279 e. The average Bonchev–Trinajstić information content (AvgIpc) is 2.52. The summed E-state index contributed by atoms with van der Waals surface area (Å²) < 4.78 is 1.04. The van der Waals surface area contributed by atoms with E-state index < -0.39 is 0 Å². The van der Waals surface area contributed by atoms with Crippen LogP contribution in [0.15, 0.2) is 21.9 Å². The van der Waals surface area contributed by atoms with Crippen LogP contribution in [0.3, 0.4) is 0 Å². The first-order valence-electron chi connectivity index (χ1n) is 4.74. The molecule has 2 nitrogen and oxygen atoms in total.